The van der Waals surface area contributed by atoms with Gasteiger partial charge in [-0.25, -0.2) is 0 Å². The third-order valence-electron chi connectivity index (χ3n) is 0. The molecular formula is H2Cl2SrZn. The predicted octanol–water partition coefficient (Wildman–Crippen LogP) is 1.22. The fourth-order valence-electron chi connectivity index (χ4n) is 0. The summed E-state index contributed by atoms with van der Waals surface area (Å²) < 4.78 is 0. The van der Waals surface area contributed by atoms with E-state index in [1.165, 1.54) is 0 Å². The molecule has 0 N–H and O–H groups in total. The standard InChI is InChI=1S/2ClH.Sr.Zn.2H/h2*1H;;;;/q;;2*+2;2*-1/p-2. The molecule has 4 heteroatoms. The van der Waals surface area contributed by atoms with Gasteiger partial charge in [-0.2, -0.15) is 0 Å². The third kappa shape index (κ3) is 8.82. The Kier molecular flexibility index (Phi) is 22.6. The topological polar surface area (TPSA) is 0 Å². The zero-order valence-corrected chi connectivity index (χ0v) is 10.1. The Labute approximate surface area is 81.2 Å². The molecule has 0 bridgehead atoms. The smallest absolute Gasteiger partial charge is 1.00 e. The maximum atomic E-state index is 4.95. The van der Waals surface area contributed by atoms with Gasteiger partial charge < -0.3 is 2.85 Å². The van der Waals surface area contributed by atoms with Crippen LogP contribution in [0.3, 0.4) is 0 Å². The summed E-state index contributed by atoms with van der Waals surface area (Å²) in [6, 6.07) is 0. The fourth-order valence-corrected chi connectivity index (χ4v) is 0. The van der Waals surface area contributed by atoms with E-state index in [0.29, 0.717) is 0 Å². The maximum Gasteiger partial charge on any atom is 2.00 e. The normalized spacial score (nSPS) is 2.50. The Morgan fingerprint density at radius 1 is 1.50 bits per heavy atom. The Balaban J connectivity index is -0.00000000667. The van der Waals surface area contributed by atoms with Crippen LogP contribution in [0.5, 0.6) is 0 Å². The van der Waals surface area contributed by atoms with E-state index in [4.69, 9.17) is 19.4 Å². The monoisotopic (exact) mass is 224 g/mol. The summed E-state index contributed by atoms with van der Waals surface area (Å²) in [5.74, 6) is 0. The van der Waals surface area contributed by atoms with E-state index >= 15 is 0 Å². The Hall–Kier alpha value is 2.68. The van der Waals surface area contributed by atoms with Crippen molar-refractivity contribution in [1.82, 2.24) is 0 Å². The number of hydrogen-bond acceptors (Lipinski definition) is 0. The first-order chi connectivity index (χ1) is 1.41. The van der Waals surface area contributed by atoms with Gasteiger partial charge in [0.05, 0.1) is 0 Å². The molecule has 0 fully saturated rings. The summed E-state index contributed by atoms with van der Waals surface area (Å²) in [5, 5.41) is 0. The Morgan fingerprint density at radius 2 is 1.50 bits per heavy atom. The molecule has 0 saturated heterocycles. The Bertz CT molecular complexity index is 11.5. The van der Waals surface area contributed by atoms with Gasteiger partial charge in [0.2, 0.25) is 0 Å². The summed E-state index contributed by atoms with van der Waals surface area (Å²) in [6.45, 7) is 0. The minimum atomic E-state index is -0.931. The fraction of sp³-hybridized carbons (Fsp3) is 0. The molecule has 0 spiro atoms. The van der Waals surface area contributed by atoms with E-state index in [-0.39, 0.29) is 48.3 Å². The van der Waals surface area contributed by atoms with Crippen molar-refractivity contribution < 1.29 is 18.0 Å². The molecular weight excluding hydrogens is 224 g/mol. The molecule has 4 heavy (non-hydrogen) atoms. The summed E-state index contributed by atoms with van der Waals surface area (Å²) in [6.07, 6.45) is 0. The summed E-state index contributed by atoms with van der Waals surface area (Å²) >= 11 is -0.931. The average molecular weight is 226 g/mol. The first-order valence-corrected chi connectivity index (χ1v) is 8.33. The van der Waals surface area contributed by atoms with Crippen molar-refractivity contribution in [1.29, 1.82) is 0 Å². The molecule has 0 aromatic carbocycles. The molecule has 0 heterocycles. The molecule has 0 aliphatic rings. The molecule has 20 valence electrons. The van der Waals surface area contributed by atoms with E-state index in [0.717, 1.165) is 0 Å². The summed E-state index contributed by atoms with van der Waals surface area (Å²) in [4.78, 5) is 0. The zero-order valence-electron chi connectivity index (χ0n) is 4.17. The van der Waals surface area contributed by atoms with Gasteiger partial charge >= 0.3 is 80.0 Å². The molecule has 0 aromatic heterocycles. The van der Waals surface area contributed by atoms with Gasteiger partial charge in [0.25, 0.3) is 0 Å². The van der Waals surface area contributed by atoms with Gasteiger partial charge in [0, 0.05) is 0 Å². The van der Waals surface area contributed by atoms with Crippen LogP contribution in [-0.4, -0.2) is 45.5 Å². The molecule has 0 atom stereocenters. The predicted molar refractivity (Wildman–Crippen MR) is 19.7 cm³/mol. The van der Waals surface area contributed by atoms with E-state index in [9.17, 15) is 0 Å². The van der Waals surface area contributed by atoms with Gasteiger partial charge in [0.15, 0.2) is 0 Å². The molecule has 0 radical (unpaired) electrons. The molecule has 0 rings (SSSR count). The molecule has 0 saturated carbocycles. The second-order valence-corrected chi connectivity index (χ2v) is 4.72. The number of halogens is 2. The van der Waals surface area contributed by atoms with Gasteiger partial charge in [-0.1, -0.05) is 0 Å². The van der Waals surface area contributed by atoms with Crippen molar-refractivity contribution in [3.63, 3.8) is 0 Å². The van der Waals surface area contributed by atoms with E-state index in [1.54, 1.807) is 0 Å². The van der Waals surface area contributed by atoms with Gasteiger partial charge in [-0.15, -0.1) is 0 Å². The zero-order chi connectivity index (χ0) is 2.71. The van der Waals surface area contributed by atoms with Crippen LogP contribution in [0.2, 0.25) is 0 Å². The summed E-state index contributed by atoms with van der Waals surface area (Å²) in [5.41, 5.74) is 0. The van der Waals surface area contributed by atoms with Crippen LogP contribution in [0.4, 0.5) is 0 Å². The molecule has 0 amide bonds. The van der Waals surface area contributed by atoms with Crippen molar-refractivity contribution in [2.45, 2.75) is 0 Å². The minimum absolute atomic E-state index is 0. The van der Waals surface area contributed by atoms with E-state index in [1.807, 2.05) is 0 Å². The van der Waals surface area contributed by atoms with Crippen molar-refractivity contribution in [2.75, 3.05) is 0 Å². The first-order valence-electron chi connectivity index (χ1n) is 0.535. The first kappa shape index (κ1) is 9.84. The van der Waals surface area contributed by atoms with Crippen LogP contribution in [-0.2, 0) is 15.1 Å². The second-order valence-electron chi connectivity index (χ2n) is 0.101. The SMILES string of the molecule is [Cl][Zn][Cl].[H-].[H-].[Sr+2]. The van der Waals surface area contributed by atoms with Crippen molar-refractivity contribution in [2.24, 2.45) is 0 Å². The minimum Gasteiger partial charge on any atom is -1.00 e. The molecule has 0 aromatic rings. The van der Waals surface area contributed by atoms with Crippen LogP contribution >= 0.6 is 19.4 Å². The van der Waals surface area contributed by atoms with Crippen LogP contribution in [0.15, 0.2) is 0 Å². The van der Waals surface area contributed by atoms with Crippen molar-refractivity contribution in [3.05, 3.63) is 0 Å². The van der Waals surface area contributed by atoms with Gasteiger partial charge in [-0.3, -0.25) is 0 Å². The van der Waals surface area contributed by atoms with Gasteiger partial charge in [0.1, 0.15) is 0 Å². The summed E-state index contributed by atoms with van der Waals surface area (Å²) in [7, 11) is 9.90. The third-order valence-corrected chi connectivity index (χ3v) is 0. The molecule has 0 unspecified atom stereocenters. The average Bonchev–Trinajstić information content (AvgIpc) is 0.918. The largest absolute Gasteiger partial charge is 2.00 e. The van der Waals surface area contributed by atoms with E-state index in [2.05, 4.69) is 0 Å². The van der Waals surface area contributed by atoms with Gasteiger partial charge in [-0.05, 0) is 0 Å². The van der Waals surface area contributed by atoms with Crippen molar-refractivity contribution in [3.8, 4) is 0 Å². The Morgan fingerprint density at radius 3 is 1.50 bits per heavy atom. The van der Waals surface area contributed by atoms with Crippen molar-refractivity contribution >= 4 is 64.9 Å². The van der Waals surface area contributed by atoms with E-state index < -0.39 is 15.1 Å². The van der Waals surface area contributed by atoms with Crippen LogP contribution in [0.25, 0.3) is 0 Å². The maximum absolute atomic E-state index is 4.95. The van der Waals surface area contributed by atoms with Crippen LogP contribution in [0, 0.1) is 0 Å². The molecule has 0 nitrogen and oxygen atoms in total. The molecule has 0 aliphatic carbocycles. The number of hydrogen-bond donors (Lipinski definition) is 0. The molecule has 0 aliphatic heterocycles. The van der Waals surface area contributed by atoms with Crippen LogP contribution < -0.4 is 0 Å². The quantitative estimate of drug-likeness (QED) is 0.544. The second kappa shape index (κ2) is 9.19. The number of rotatable bonds is 0. The van der Waals surface area contributed by atoms with Crippen LogP contribution in [0.1, 0.15) is 2.85 Å².